The highest BCUT2D eigenvalue weighted by molar-refractivity contribution is 5.96. The minimum atomic E-state index is -1.35. The first-order chi connectivity index (χ1) is 27.4. The number of cyclic esters (lactones) is 2. The van der Waals surface area contributed by atoms with Crippen LogP contribution in [0.4, 0.5) is 0 Å². The van der Waals surface area contributed by atoms with Crippen molar-refractivity contribution in [3.05, 3.63) is 48.6 Å². The quantitative estimate of drug-likeness (QED) is 0.169. The van der Waals surface area contributed by atoms with Gasteiger partial charge in [0.25, 0.3) is 5.91 Å². The van der Waals surface area contributed by atoms with Crippen molar-refractivity contribution in [2.45, 2.75) is 143 Å². The molecule has 0 spiro atoms. The summed E-state index contributed by atoms with van der Waals surface area (Å²) in [7, 11) is 1.48. The van der Waals surface area contributed by atoms with E-state index >= 15 is 0 Å². The molecule has 0 radical (unpaired) electrons. The summed E-state index contributed by atoms with van der Waals surface area (Å²) in [5.41, 5.74) is -0.611. The monoisotopic (exact) mass is 809 g/mol. The standard InChI is InChI=1S/C44H67N5O9/c1-11-14-16-23-33-44(8,9)43(56)47-35(27(4)5)40(53)48(10)32(25-30-20-17-15-18-21-30)42(55)58-37(29(7)13-3)41(54)49-24-19-22-31(49)38(51)46-36(28(6)12-2)39(52)45-26-34(50)57-33/h11,15,17-18,20-21,27-29,31-33,35-37H,1,12-14,16,19,22-26H2,2-10H3,(H,45,52)(H,46,51)(H,47,56). The lowest BCUT2D eigenvalue weighted by Gasteiger charge is -2.37. The van der Waals surface area contributed by atoms with Crippen LogP contribution in [0.25, 0.3) is 0 Å². The van der Waals surface area contributed by atoms with Gasteiger partial charge in [0.2, 0.25) is 23.6 Å². The zero-order valence-corrected chi connectivity index (χ0v) is 36.0. The molecule has 2 fully saturated rings. The van der Waals surface area contributed by atoms with Gasteiger partial charge in [0, 0.05) is 25.9 Å². The van der Waals surface area contributed by atoms with Crippen LogP contribution >= 0.6 is 0 Å². The maximum absolute atomic E-state index is 14.5. The average Bonchev–Trinajstić information content (AvgIpc) is 3.70. The van der Waals surface area contributed by atoms with Gasteiger partial charge in [-0.25, -0.2) is 4.79 Å². The fraction of sp³-hybridized carbons (Fsp3) is 0.659. The number of hydrogen-bond acceptors (Lipinski definition) is 9. The van der Waals surface area contributed by atoms with E-state index in [0.29, 0.717) is 38.5 Å². The Bertz CT molecular complexity index is 1610. The van der Waals surface area contributed by atoms with Crippen molar-refractivity contribution in [3.63, 3.8) is 0 Å². The van der Waals surface area contributed by atoms with E-state index in [4.69, 9.17) is 9.47 Å². The van der Waals surface area contributed by atoms with Crippen molar-refractivity contribution in [2.24, 2.45) is 23.2 Å². The highest BCUT2D eigenvalue weighted by Crippen LogP contribution is 2.30. The lowest BCUT2D eigenvalue weighted by molar-refractivity contribution is -0.170. The van der Waals surface area contributed by atoms with Gasteiger partial charge in [0.15, 0.2) is 6.10 Å². The number of nitrogens with one attached hydrogen (secondary N) is 3. The van der Waals surface area contributed by atoms with Gasteiger partial charge in [-0.1, -0.05) is 84.4 Å². The average molecular weight is 810 g/mol. The molecule has 322 valence electrons. The number of ether oxygens (including phenoxy) is 2. The van der Waals surface area contributed by atoms with Gasteiger partial charge < -0.3 is 35.2 Å². The van der Waals surface area contributed by atoms with Gasteiger partial charge in [-0.05, 0) is 69.8 Å². The Morgan fingerprint density at radius 2 is 1.53 bits per heavy atom. The van der Waals surface area contributed by atoms with E-state index in [0.717, 1.165) is 5.56 Å². The number of nitrogens with zero attached hydrogens (tertiary/aromatic N) is 2. The summed E-state index contributed by atoms with van der Waals surface area (Å²) in [6, 6.07) is 4.85. The second kappa shape index (κ2) is 21.9. The Hall–Kier alpha value is -4.75. The number of carbonyl (C=O) groups is 7. The third-order valence-electron chi connectivity index (χ3n) is 11.8. The Morgan fingerprint density at radius 1 is 0.879 bits per heavy atom. The maximum Gasteiger partial charge on any atom is 0.329 e. The molecule has 14 heteroatoms. The minimum absolute atomic E-state index is 0.0583. The Morgan fingerprint density at radius 3 is 2.14 bits per heavy atom. The van der Waals surface area contributed by atoms with Crippen LogP contribution in [0.3, 0.4) is 0 Å². The van der Waals surface area contributed by atoms with Gasteiger partial charge in [-0.3, -0.25) is 28.8 Å². The SMILES string of the molecule is C=CCCCC1OC(=O)CNC(=O)C(C(C)CC)NC(=O)C2CCCN2C(=O)C(C(C)CC)OC(=O)C(Cc2ccccc2)N(C)C(=O)C(C(C)C)NC(=O)C1(C)C. The smallest absolute Gasteiger partial charge is 0.329 e. The second-order valence-corrected chi connectivity index (χ2v) is 16.8. The number of rotatable bonds is 11. The van der Waals surface area contributed by atoms with Crippen LogP contribution in [-0.4, -0.2) is 108 Å². The number of hydrogen-bond donors (Lipinski definition) is 3. The van der Waals surface area contributed by atoms with Crippen LogP contribution in [0.2, 0.25) is 0 Å². The van der Waals surface area contributed by atoms with Gasteiger partial charge in [0.05, 0.1) is 5.41 Å². The van der Waals surface area contributed by atoms with Gasteiger partial charge in [-0.2, -0.15) is 0 Å². The number of allylic oxidation sites excluding steroid dienone is 1. The zero-order valence-electron chi connectivity index (χ0n) is 36.0. The van der Waals surface area contributed by atoms with Crippen LogP contribution in [0, 0.1) is 23.2 Å². The first-order valence-electron chi connectivity index (χ1n) is 20.9. The molecule has 3 N–H and O–H groups in total. The van der Waals surface area contributed by atoms with Crippen molar-refractivity contribution in [2.75, 3.05) is 20.1 Å². The summed E-state index contributed by atoms with van der Waals surface area (Å²) in [4.78, 5) is 101. The van der Waals surface area contributed by atoms with Crippen LogP contribution < -0.4 is 16.0 Å². The van der Waals surface area contributed by atoms with E-state index in [1.54, 1.807) is 47.6 Å². The van der Waals surface area contributed by atoms with E-state index in [1.165, 1.54) is 16.8 Å². The molecule has 3 rings (SSSR count). The molecule has 5 amide bonds. The van der Waals surface area contributed by atoms with Gasteiger partial charge in [0.1, 0.15) is 36.8 Å². The fourth-order valence-corrected chi connectivity index (χ4v) is 7.31. The summed E-state index contributed by atoms with van der Waals surface area (Å²) in [6.07, 6.45) is 2.82. The third-order valence-corrected chi connectivity index (χ3v) is 11.8. The molecule has 0 saturated carbocycles. The molecule has 2 aliphatic heterocycles. The van der Waals surface area contributed by atoms with Crippen molar-refractivity contribution >= 4 is 41.5 Å². The summed E-state index contributed by atoms with van der Waals surface area (Å²) in [5, 5.41) is 8.34. The van der Waals surface area contributed by atoms with Crippen LogP contribution in [0.15, 0.2) is 43.0 Å². The van der Waals surface area contributed by atoms with Crippen molar-refractivity contribution < 1.29 is 43.0 Å². The molecule has 0 aromatic heterocycles. The zero-order chi connectivity index (χ0) is 43.3. The van der Waals surface area contributed by atoms with Gasteiger partial charge >= 0.3 is 11.9 Å². The van der Waals surface area contributed by atoms with Crippen LogP contribution in [0.5, 0.6) is 0 Å². The Labute approximate surface area is 344 Å². The second-order valence-electron chi connectivity index (χ2n) is 16.8. The highest BCUT2D eigenvalue weighted by Gasteiger charge is 2.45. The number of unbranched alkanes of at least 4 members (excludes halogenated alkanes) is 1. The number of amides is 5. The summed E-state index contributed by atoms with van der Waals surface area (Å²) in [6.45, 7) is 17.6. The van der Waals surface area contributed by atoms with Gasteiger partial charge in [-0.15, -0.1) is 6.58 Å². The minimum Gasteiger partial charge on any atom is -0.460 e. The number of carbonyl (C=O) groups excluding carboxylic acids is 7. The van der Waals surface area contributed by atoms with E-state index in [1.807, 2.05) is 44.2 Å². The van der Waals surface area contributed by atoms with Crippen molar-refractivity contribution in [1.82, 2.24) is 25.8 Å². The number of fused-ring (bicyclic) bond motifs is 1. The third kappa shape index (κ3) is 12.1. The lowest BCUT2D eigenvalue weighted by atomic mass is 9.82. The van der Waals surface area contributed by atoms with E-state index in [-0.39, 0.29) is 25.3 Å². The number of esters is 2. The van der Waals surface area contributed by atoms with Crippen molar-refractivity contribution in [3.8, 4) is 0 Å². The topological polar surface area (TPSA) is 181 Å². The predicted molar refractivity (Wildman–Crippen MR) is 220 cm³/mol. The highest BCUT2D eigenvalue weighted by atomic mass is 16.6. The van der Waals surface area contributed by atoms with Crippen molar-refractivity contribution in [1.29, 1.82) is 0 Å². The predicted octanol–water partition coefficient (Wildman–Crippen LogP) is 4.10. The Balaban J connectivity index is 2.16. The first kappa shape index (κ1) is 47.6. The maximum atomic E-state index is 14.5. The summed E-state index contributed by atoms with van der Waals surface area (Å²) >= 11 is 0. The first-order valence-corrected chi connectivity index (χ1v) is 20.9. The number of benzene rings is 1. The van der Waals surface area contributed by atoms with E-state index in [9.17, 15) is 33.6 Å². The molecule has 2 saturated heterocycles. The molecule has 1 aromatic carbocycles. The molecule has 58 heavy (non-hydrogen) atoms. The number of likely N-dealkylation sites (N-methyl/N-ethyl adjacent to an activating group) is 1. The summed E-state index contributed by atoms with van der Waals surface area (Å²) in [5.74, 6) is -5.60. The molecule has 0 bridgehead atoms. The van der Waals surface area contributed by atoms with Crippen LogP contribution in [0.1, 0.15) is 106 Å². The molecule has 0 aliphatic carbocycles. The molecule has 1 aromatic rings. The molecule has 8 atom stereocenters. The lowest BCUT2D eigenvalue weighted by Crippen LogP contribution is -2.59. The summed E-state index contributed by atoms with van der Waals surface area (Å²) < 4.78 is 12.0. The molecule has 2 aliphatic rings. The van der Waals surface area contributed by atoms with E-state index in [2.05, 4.69) is 22.5 Å². The largest absolute Gasteiger partial charge is 0.460 e. The fourth-order valence-electron chi connectivity index (χ4n) is 7.31. The molecular formula is C44H67N5O9. The Kier molecular flexibility index (Phi) is 17.9. The normalized spacial score (nSPS) is 26.9. The molecular weight excluding hydrogens is 743 g/mol. The van der Waals surface area contributed by atoms with Crippen LogP contribution in [-0.2, 0) is 49.5 Å². The molecule has 2 heterocycles. The molecule has 8 unspecified atom stereocenters. The molecule has 14 nitrogen and oxygen atoms in total. The van der Waals surface area contributed by atoms with E-state index < -0.39 is 102 Å².